The van der Waals surface area contributed by atoms with Gasteiger partial charge >= 0.3 is 5.97 Å². The lowest BCUT2D eigenvalue weighted by Gasteiger charge is -2.36. The number of carbonyl (C=O) groups is 8. The van der Waals surface area contributed by atoms with Gasteiger partial charge in [-0.25, -0.2) is 4.79 Å². The highest BCUT2D eigenvalue weighted by Gasteiger charge is 2.44. The third kappa shape index (κ3) is 18.5. The molecule has 1 saturated heterocycles. The highest BCUT2D eigenvalue weighted by molar-refractivity contribution is 5.99. The van der Waals surface area contributed by atoms with Crippen LogP contribution in [0.5, 0.6) is 0 Å². The molecule has 0 unspecified atom stereocenters. The molecule has 386 valence electrons. The van der Waals surface area contributed by atoms with Gasteiger partial charge in [0.15, 0.2) is 5.96 Å². The minimum atomic E-state index is -1.57. The number of carboxylic acid groups (broad SMARTS) is 1. The van der Waals surface area contributed by atoms with Crippen LogP contribution in [0, 0.1) is 0 Å². The van der Waals surface area contributed by atoms with Crippen LogP contribution in [0.3, 0.4) is 0 Å². The van der Waals surface area contributed by atoms with Crippen molar-refractivity contribution in [1.29, 1.82) is 0 Å². The number of unbranched alkanes of at least 4 members (excludes halogenated alkanes) is 1. The number of carbonyl (C=O) groups excluding carboxylic acids is 7. The maximum absolute atomic E-state index is 14.5. The largest absolute Gasteiger partial charge is 0.480 e. The number of carboxylic acids is 1. The lowest BCUT2D eigenvalue weighted by molar-refractivity contribution is -0.145. The van der Waals surface area contributed by atoms with Crippen molar-refractivity contribution in [3.8, 4) is 0 Å². The number of aliphatic hydroxyl groups excluding tert-OH is 1. The quantitative estimate of drug-likeness (QED) is 0.0158. The van der Waals surface area contributed by atoms with E-state index in [-0.39, 0.29) is 83.5 Å². The summed E-state index contributed by atoms with van der Waals surface area (Å²) < 4.78 is 0. The number of benzene rings is 1. The number of hydrogen-bond donors (Lipinski definition) is 14. The summed E-state index contributed by atoms with van der Waals surface area (Å²) in [4.78, 5) is 114. The summed E-state index contributed by atoms with van der Waals surface area (Å²) in [5, 5.41) is 36.2. The first-order valence-electron chi connectivity index (χ1n) is 23.9. The molecule has 2 aliphatic rings. The van der Waals surface area contributed by atoms with Crippen molar-refractivity contribution >= 4 is 53.3 Å². The molecule has 0 bridgehead atoms. The average molecular weight is 973 g/mol. The normalized spacial score (nSPS) is 18.1. The molecule has 1 aliphatic carbocycles. The summed E-state index contributed by atoms with van der Waals surface area (Å²) in [5.74, 6) is -6.53. The number of nitrogens with two attached hydrogens (primary N) is 6. The Hall–Kier alpha value is -5.95. The molecule has 1 aromatic rings. The number of nitrogens with zero attached hydrogens (tertiary/aromatic N) is 2. The van der Waals surface area contributed by atoms with Gasteiger partial charge in [0.05, 0.1) is 12.6 Å². The first-order valence-corrected chi connectivity index (χ1v) is 23.9. The minimum absolute atomic E-state index is 0.000347. The Morgan fingerprint density at radius 2 is 1.28 bits per heavy atom. The van der Waals surface area contributed by atoms with Gasteiger partial charge in [-0.2, -0.15) is 0 Å². The smallest absolute Gasteiger partial charge is 0.326 e. The van der Waals surface area contributed by atoms with Crippen molar-refractivity contribution in [2.45, 2.75) is 151 Å². The van der Waals surface area contributed by atoms with Crippen LogP contribution in [0.15, 0.2) is 35.3 Å². The number of aliphatic imine (C=N–C) groups is 1. The van der Waals surface area contributed by atoms with E-state index in [0.717, 1.165) is 12.8 Å². The van der Waals surface area contributed by atoms with Crippen LogP contribution >= 0.6 is 0 Å². The van der Waals surface area contributed by atoms with Gasteiger partial charge in [-0.15, -0.1) is 0 Å². The molecule has 69 heavy (non-hydrogen) atoms. The molecule has 1 heterocycles. The summed E-state index contributed by atoms with van der Waals surface area (Å²) in [7, 11) is 0. The molecule has 3 rings (SSSR count). The first-order chi connectivity index (χ1) is 33.0. The van der Waals surface area contributed by atoms with Gasteiger partial charge in [0.2, 0.25) is 41.4 Å². The monoisotopic (exact) mass is 973 g/mol. The summed E-state index contributed by atoms with van der Waals surface area (Å²) in [6.07, 6.45) is 5.25. The summed E-state index contributed by atoms with van der Waals surface area (Å²) in [6, 6.07) is 0.0982. The highest BCUT2D eigenvalue weighted by Crippen LogP contribution is 2.28. The third-order valence-electron chi connectivity index (χ3n) is 12.3. The Morgan fingerprint density at radius 3 is 1.86 bits per heavy atom. The van der Waals surface area contributed by atoms with E-state index in [2.05, 4.69) is 36.9 Å². The lowest BCUT2D eigenvalue weighted by Crippen LogP contribution is -2.65. The van der Waals surface area contributed by atoms with Crippen LogP contribution in [-0.4, -0.2) is 156 Å². The van der Waals surface area contributed by atoms with E-state index in [1.807, 2.05) is 0 Å². The summed E-state index contributed by atoms with van der Waals surface area (Å²) in [6.45, 7) is -0.344. The zero-order chi connectivity index (χ0) is 50.9. The number of aliphatic carboxylic acids is 1. The molecule has 7 atom stereocenters. The van der Waals surface area contributed by atoms with Gasteiger partial charge < -0.3 is 81.4 Å². The minimum Gasteiger partial charge on any atom is -0.480 e. The number of rotatable bonds is 29. The van der Waals surface area contributed by atoms with Crippen molar-refractivity contribution in [3.63, 3.8) is 0 Å². The van der Waals surface area contributed by atoms with Gasteiger partial charge in [-0.3, -0.25) is 38.6 Å². The lowest BCUT2D eigenvalue weighted by atomic mass is 9.87. The van der Waals surface area contributed by atoms with Crippen LogP contribution in [0.4, 0.5) is 0 Å². The van der Waals surface area contributed by atoms with Crippen molar-refractivity contribution in [3.05, 3.63) is 35.9 Å². The molecule has 0 spiro atoms. The second-order valence-corrected chi connectivity index (χ2v) is 17.7. The van der Waals surface area contributed by atoms with Crippen LogP contribution in [0.1, 0.15) is 102 Å². The molecule has 2 fully saturated rings. The van der Waals surface area contributed by atoms with Crippen molar-refractivity contribution < 1.29 is 48.6 Å². The molecule has 20 N–H and O–H groups in total. The summed E-state index contributed by atoms with van der Waals surface area (Å²) in [5.41, 5.74) is 33.5. The molecule has 0 radical (unpaired) electrons. The zero-order valence-electron chi connectivity index (χ0n) is 39.5. The second kappa shape index (κ2) is 29.8. The topological polar surface area (TPSA) is 421 Å². The molecular formula is C45H76N14O10. The van der Waals surface area contributed by atoms with E-state index in [1.54, 1.807) is 30.3 Å². The maximum Gasteiger partial charge on any atom is 0.326 e. The van der Waals surface area contributed by atoms with Gasteiger partial charge in [-0.1, -0.05) is 62.4 Å². The molecule has 24 nitrogen and oxygen atoms in total. The Balaban J connectivity index is 1.78. The van der Waals surface area contributed by atoms with Crippen LogP contribution in [0.25, 0.3) is 0 Å². The van der Waals surface area contributed by atoms with E-state index in [9.17, 15) is 48.6 Å². The Labute approximate surface area is 403 Å². The van der Waals surface area contributed by atoms with E-state index >= 15 is 0 Å². The molecule has 1 saturated carbocycles. The number of aliphatic hydroxyl groups is 1. The molecular weight excluding hydrogens is 897 g/mol. The van der Waals surface area contributed by atoms with Gasteiger partial charge in [0.1, 0.15) is 41.8 Å². The van der Waals surface area contributed by atoms with Gasteiger partial charge in [0, 0.05) is 19.5 Å². The maximum atomic E-state index is 14.5. The zero-order valence-corrected chi connectivity index (χ0v) is 39.5. The molecule has 1 aliphatic heterocycles. The number of hydrogen-bond acceptors (Lipinski definition) is 14. The predicted molar refractivity (Wildman–Crippen MR) is 256 cm³/mol. The Morgan fingerprint density at radius 1 is 0.681 bits per heavy atom. The third-order valence-corrected chi connectivity index (χ3v) is 12.3. The number of amides is 7. The Bertz CT molecular complexity index is 1880. The first kappa shape index (κ1) is 57.4. The second-order valence-electron chi connectivity index (χ2n) is 17.7. The average Bonchev–Trinajstić information content (AvgIpc) is 3.70. The molecule has 7 amide bonds. The van der Waals surface area contributed by atoms with E-state index in [1.165, 1.54) is 4.90 Å². The Kier molecular flexibility index (Phi) is 24.8. The van der Waals surface area contributed by atoms with Gasteiger partial charge in [0.25, 0.3) is 0 Å². The van der Waals surface area contributed by atoms with Crippen LogP contribution < -0.4 is 66.3 Å². The fourth-order valence-corrected chi connectivity index (χ4v) is 8.47. The van der Waals surface area contributed by atoms with Crippen LogP contribution in [0.2, 0.25) is 0 Å². The molecule has 1 aromatic carbocycles. The van der Waals surface area contributed by atoms with E-state index in [0.29, 0.717) is 50.6 Å². The SMILES string of the molecule is NCCCC[C@H](N)C(=O)N[C@@H](CCCN=C(N)N)C(=O)N[C@@H](CCN)C(=O)NC1(C(=O)N[C@@H](CCN)C(=O)N[C@@H](CO)C(=O)N2CCC[C@H]2C(=O)N[C@@H](Cc2ccccc2)C(=O)O)CCCCCC1. The van der Waals surface area contributed by atoms with E-state index in [4.69, 9.17) is 34.4 Å². The number of likely N-dealkylation sites (tertiary alicyclic amines) is 1. The van der Waals surface area contributed by atoms with Crippen LogP contribution in [-0.2, 0) is 44.8 Å². The fourth-order valence-electron chi connectivity index (χ4n) is 8.47. The number of guanidine groups is 1. The van der Waals surface area contributed by atoms with Crippen molar-refractivity contribution in [1.82, 2.24) is 36.8 Å². The van der Waals surface area contributed by atoms with E-state index < -0.39 is 102 Å². The summed E-state index contributed by atoms with van der Waals surface area (Å²) >= 11 is 0. The number of nitrogens with one attached hydrogen (secondary N) is 6. The highest BCUT2D eigenvalue weighted by atomic mass is 16.4. The predicted octanol–water partition coefficient (Wildman–Crippen LogP) is -3.86. The standard InChI is InChI=1S/C45H76N14O10/c46-21-9-6-14-29(49)36(61)53-30(15-10-24-52-44(50)51)37(62)54-32(18-23-48)39(64)58-45(19-7-1-2-8-20-45)43(69)57-31(17-22-47)38(63)56-34(27-60)41(66)59-25-11-16-35(59)40(65)55-33(42(67)68)26-28-12-4-3-5-13-28/h3-5,12-13,29-35,60H,1-2,6-11,14-27,46-49H2,(H,53,61)(H,54,62)(H,55,65)(H,56,63)(H,57,69)(H,58,64)(H,67,68)(H4,50,51,52)/t29-,30-,31-,32-,33-,34-,35-/m0/s1. The molecule has 24 heteroatoms. The van der Waals surface area contributed by atoms with Crippen molar-refractivity contribution in [2.75, 3.05) is 39.3 Å². The fraction of sp³-hybridized carbons (Fsp3) is 0.667. The molecule has 0 aromatic heterocycles. The van der Waals surface area contributed by atoms with Crippen molar-refractivity contribution in [2.24, 2.45) is 39.4 Å². The van der Waals surface area contributed by atoms with Gasteiger partial charge in [-0.05, 0) is 89.4 Å².